The molecule has 0 bridgehead atoms. The molecule has 0 atom stereocenters. The first-order valence-corrected chi connectivity index (χ1v) is 8.94. The maximum atomic E-state index is 12.1. The number of nitrogens with two attached hydrogens (primary N) is 1. The van der Waals surface area contributed by atoms with Crippen LogP contribution in [0.25, 0.3) is 0 Å². The molecular weight excluding hydrogens is 298 g/mol. The van der Waals surface area contributed by atoms with E-state index in [2.05, 4.69) is 0 Å². The standard InChI is InChI=1S/C12H21N3O3S2/c1-6-15(7-2)12-10(20(5,17)18)8(13)9(19-12)11(16)14(3)4/h6-7,13H2,1-5H3. The minimum Gasteiger partial charge on any atom is -0.396 e. The lowest BCUT2D eigenvalue weighted by atomic mass is 10.3. The highest BCUT2D eigenvalue weighted by Gasteiger charge is 2.29. The third-order valence-corrected chi connectivity index (χ3v) is 5.44. The SMILES string of the molecule is CCN(CC)c1sc(C(=O)N(C)C)c(N)c1S(C)(=O)=O. The van der Waals surface area contributed by atoms with Gasteiger partial charge in [0, 0.05) is 33.4 Å². The maximum absolute atomic E-state index is 12.1. The molecule has 0 radical (unpaired) electrons. The summed E-state index contributed by atoms with van der Waals surface area (Å²) in [6.07, 6.45) is 1.11. The third kappa shape index (κ3) is 3.06. The summed E-state index contributed by atoms with van der Waals surface area (Å²) in [5.74, 6) is -0.282. The molecule has 1 heterocycles. The van der Waals surface area contributed by atoms with E-state index in [-0.39, 0.29) is 21.4 Å². The van der Waals surface area contributed by atoms with Crippen LogP contribution in [-0.4, -0.2) is 52.7 Å². The van der Waals surface area contributed by atoms with E-state index in [1.165, 1.54) is 4.90 Å². The lowest BCUT2D eigenvalue weighted by molar-refractivity contribution is 0.0833. The molecule has 0 saturated heterocycles. The Bertz CT molecular complexity index is 602. The average Bonchev–Trinajstić information content (AvgIpc) is 2.67. The fourth-order valence-corrected chi connectivity index (χ4v) is 4.71. The number of amides is 1. The van der Waals surface area contributed by atoms with Crippen LogP contribution < -0.4 is 10.6 Å². The Morgan fingerprint density at radius 1 is 1.25 bits per heavy atom. The number of rotatable bonds is 5. The normalized spacial score (nSPS) is 11.4. The minimum atomic E-state index is -3.49. The van der Waals surface area contributed by atoms with Crippen LogP contribution in [0.5, 0.6) is 0 Å². The van der Waals surface area contributed by atoms with E-state index in [0.29, 0.717) is 18.1 Å². The first kappa shape index (κ1) is 16.8. The molecule has 0 aliphatic carbocycles. The molecule has 1 amide bonds. The van der Waals surface area contributed by atoms with Gasteiger partial charge in [-0.3, -0.25) is 4.79 Å². The number of sulfone groups is 1. The fraction of sp³-hybridized carbons (Fsp3) is 0.583. The minimum absolute atomic E-state index is 0.0538. The van der Waals surface area contributed by atoms with Gasteiger partial charge in [0.05, 0.1) is 5.69 Å². The number of nitrogen functional groups attached to an aromatic ring is 1. The largest absolute Gasteiger partial charge is 0.396 e. The van der Waals surface area contributed by atoms with Crippen LogP contribution in [0.2, 0.25) is 0 Å². The molecule has 2 N–H and O–H groups in total. The lowest BCUT2D eigenvalue weighted by Gasteiger charge is -2.20. The van der Waals surface area contributed by atoms with Gasteiger partial charge in [-0.05, 0) is 13.8 Å². The number of hydrogen-bond acceptors (Lipinski definition) is 6. The van der Waals surface area contributed by atoms with Crippen molar-refractivity contribution in [3.05, 3.63) is 4.88 Å². The van der Waals surface area contributed by atoms with Crippen LogP contribution in [0, 0.1) is 0 Å². The summed E-state index contributed by atoms with van der Waals surface area (Å²) in [6, 6.07) is 0. The van der Waals surface area contributed by atoms with Crippen molar-refractivity contribution in [2.45, 2.75) is 18.7 Å². The van der Waals surface area contributed by atoms with Crippen LogP contribution in [0.3, 0.4) is 0 Å². The van der Waals surface area contributed by atoms with Crippen molar-refractivity contribution >= 4 is 37.8 Å². The van der Waals surface area contributed by atoms with Gasteiger partial charge >= 0.3 is 0 Å². The van der Waals surface area contributed by atoms with Crippen LogP contribution in [0.15, 0.2) is 4.90 Å². The number of anilines is 2. The molecule has 1 aromatic heterocycles. The summed E-state index contributed by atoms with van der Waals surface area (Å²) in [5, 5.41) is 0.542. The second kappa shape index (κ2) is 6.01. The molecule has 0 saturated carbocycles. The van der Waals surface area contributed by atoms with Crippen LogP contribution >= 0.6 is 11.3 Å². The number of carbonyl (C=O) groups is 1. The Balaban J connectivity index is 3.59. The fourth-order valence-electron chi connectivity index (χ4n) is 1.86. The molecule has 114 valence electrons. The molecule has 6 nitrogen and oxygen atoms in total. The van der Waals surface area contributed by atoms with Gasteiger partial charge in [-0.15, -0.1) is 11.3 Å². The number of hydrogen-bond donors (Lipinski definition) is 1. The molecule has 8 heteroatoms. The van der Waals surface area contributed by atoms with Crippen molar-refractivity contribution in [3.8, 4) is 0 Å². The maximum Gasteiger partial charge on any atom is 0.265 e. The second-order valence-electron chi connectivity index (χ2n) is 4.62. The van der Waals surface area contributed by atoms with E-state index in [1.54, 1.807) is 14.1 Å². The topological polar surface area (TPSA) is 83.7 Å². The molecule has 1 rings (SSSR count). The zero-order chi connectivity index (χ0) is 15.7. The van der Waals surface area contributed by atoms with E-state index in [4.69, 9.17) is 5.73 Å². The van der Waals surface area contributed by atoms with Gasteiger partial charge in [0.1, 0.15) is 14.8 Å². The molecule has 0 unspecified atom stereocenters. The van der Waals surface area contributed by atoms with Gasteiger partial charge in [-0.2, -0.15) is 0 Å². The van der Waals surface area contributed by atoms with E-state index >= 15 is 0 Å². The van der Waals surface area contributed by atoms with Crippen LogP contribution in [0.1, 0.15) is 23.5 Å². The molecule has 0 fully saturated rings. The summed E-state index contributed by atoms with van der Waals surface area (Å²) in [6.45, 7) is 5.15. The summed E-state index contributed by atoms with van der Waals surface area (Å²) < 4.78 is 24.0. The van der Waals surface area contributed by atoms with Gasteiger partial charge in [-0.25, -0.2) is 8.42 Å². The van der Waals surface area contributed by atoms with Crippen molar-refractivity contribution in [1.29, 1.82) is 0 Å². The zero-order valence-electron chi connectivity index (χ0n) is 12.4. The Hall–Kier alpha value is -1.28. The van der Waals surface area contributed by atoms with E-state index in [0.717, 1.165) is 17.6 Å². The third-order valence-electron chi connectivity index (χ3n) is 2.90. The Morgan fingerprint density at radius 2 is 1.75 bits per heavy atom. The predicted molar refractivity (Wildman–Crippen MR) is 83.4 cm³/mol. The second-order valence-corrected chi connectivity index (χ2v) is 7.57. The van der Waals surface area contributed by atoms with E-state index < -0.39 is 9.84 Å². The Labute approximate surface area is 124 Å². The van der Waals surface area contributed by atoms with E-state index in [9.17, 15) is 13.2 Å². The van der Waals surface area contributed by atoms with Crippen molar-refractivity contribution in [3.63, 3.8) is 0 Å². The molecule has 0 spiro atoms. The number of nitrogens with zero attached hydrogens (tertiary/aromatic N) is 2. The Morgan fingerprint density at radius 3 is 2.10 bits per heavy atom. The number of thiophene rings is 1. The summed E-state index contributed by atoms with van der Waals surface area (Å²) in [5.41, 5.74) is 5.99. The monoisotopic (exact) mass is 319 g/mol. The molecule has 0 aliphatic rings. The van der Waals surface area contributed by atoms with Gasteiger partial charge < -0.3 is 15.5 Å². The average molecular weight is 319 g/mol. The summed E-state index contributed by atoms with van der Waals surface area (Å²) in [7, 11) is -0.275. The molecule has 0 aliphatic heterocycles. The highest BCUT2D eigenvalue weighted by molar-refractivity contribution is 7.91. The highest BCUT2D eigenvalue weighted by Crippen LogP contribution is 2.41. The van der Waals surface area contributed by atoms with Gasteiger partial charge in [0.25, 0.3) is 5.91 Å². The molecule has 0 aromatic carbocycles. The first-order valence-electron chi connectivity index (χ1n) is 6.24. The summed E-state index contributed by atoms with van der Waals surface area (Å²) in [4.78, 5) is 15.7. The van der Waals surface area contributed by atoms with Crippen LogP contribution in [0.4, 0.5) is 10.7 Å². The van der Waals surface area contributed by atoms with Crippen molar-refractivity contribution in [1.82, 2.24) is 4.90 Å². The quantitative estimate of drug-likeness (QED) is 0.884. The van der Waals surface area contributed by atoms with Crippen molar-refractivity contribution in [2.24, 2.45) is 0 Å². The summed E-state index contributed by atoms with van der Waals surface area (Å²) >= 11 is 1.14. The molecular formula is C12H21N3O3S2. The van der Waals surface area contributed by atoms with E-state index in [1.807, 2.05) is 18.7 Å². The molecule has 1 aromatic rings. The number of carbonyl (C=O) groups excluding carboxylic acids is 1. The highest BCUT2D eigenvalue weighted by atomic mass is 32.2. The van der Waals surface area contributed by atoms with Crippen molar-refractivity contribution in [2.75, 3.05) is 44.1 Å². The van der Waals surface area contributed by atoms with Gasteiger partial charge in [0.2, 0.25) is 0 Å². The zero-order valence-corrected chi connectivity index (χ0v) is 14.1. The Kier molecular flexibility index (Phi) is 5.04. The predicted octanol–water partition coefficient (Wildman–Crippen LogP) is 1.28. The van der Waals surface area contributed by atoms with Crippen molar-refractivity contribution < 1.29 is 13.2 Å². The van der Waals surface area contributed by atoms with Gasteiger partial charge in [0.15, 0.2) is 9.84 Å². The molecule has 20 heavy (non-hydrogen) atoms. The lowest BCUT2D eigenvalue weighted by Crippen LogP contribution is -2.22. The smallest absolute Gasteiger partial charge is 0.265 e. The first-order chi connectivity index (χ1) is 9.15. The van der Waals surface area contributed by atoms with Crippen LogP contribution in [-0.2, 0) is 9.84 Å². The van der Waals surface area contributed by atoms with Gasteiger partial charge in [-0.1, -0.05) is 0 Å².